The predicted molar refractivity (Wildman–Crippen MR) is 382 cm³/mol. The van der Waals surface area contributed by atoms with Gasteiger partial charge in [0.1, 0.15) is 53.6 Å². The fraction of sp³-hybridized carbons (Fsp3) is 0.592. The maximum atomic E-state index is 14.8. The number of phenolic OH excluding ortho intramolecular Hbond substituents is 2. The Balaban J connectivity index is 1.39. The standard InChI is InChI=1S/C71H103N11O26/c1-28(2)40-21-44(87)43(26-84)79-66(101)42(78-69(104)52(38(12)86)80-67(102)45(88)24-76-68(103)51(37(11)85)81-70(105)53(82-65(40)100)58(94)59(95)62(72)97)23-75-64(99)36(10)73-18-19-74-47(89)27-106-46-22-41-57(93)49-48(46)50-60(35(9)56(49)92)108-71(13,61(50)96)107-20-17-39(25-83)32(6)31(5)33(7)55(91)34(8)54(90)29(3)15-14-16-30(4)63(98)77-41/h14-17,20,22,28-29,31-34,36-37,39-40,42-43,45,51-55,58-59,73,83-85,88,90-95H,18-19,21,23-27H2,1-13H3,(H2,72,97)(H,74,89)(H,75,99)(H,76,103)(H,77,98)(H,78,104)(H,79,101)(H,80,102)(H,81,105)(H,82,100)/b15-14+,20-17+,30-16-/t29-,31+,32-,33-,34+,36?,37?,39+,40?,42?,43?,45?,51?,52?,53?,54-,55-,58?,59?,71-/m0/s1. The number of benzene rings is 2. The highest BCUT2D eigenvalue weighted by Crippen LogP contribution is 2.54. The van der Waals surface area contributed by atoms with Crippen molar-refractivity contribution in [2.45, 2.75) is 175 Å². The zero-order valence-corrected chi connectivity index (χ0v) is 62.2. The number of Topliss-reactive ketones (excluding diaryl/α,β-unsaturated/α-hetero) is 3. The summed E-state index contributed by atoms with van der Waals surface area (Å²) in [5.41, 5.74) is 4.56. The van der Waals surface area contributed by atoms with Crippen LogP contribution >= 0.6 is 0 Å². The van der Waals surface area contributed by atoms with Gasteiger partial charge < -0.3 is 124 Å². The Kier molecular flexibility index (Phi) is 32.0. The van der Waals surface area contributed by atoms with E-state index in [0.717, 1.165) is 19.9 Å². The first-order valence-electron chi connectivity index (χ1n) is 35.1. The SMILES string of the molecule is CC(=O)C1NC(=O)C(O)CNC(=O)C(C(C)O)NC(=O)C(C(O)C(O)C(N)=O)NC(=O)C(C(C)C)CC(=O)C(CO)NC(=O)C(CNC(=O)C(C)NCCNC(=O)COc2cc3c(O)c4c(O)c(C)c5c(c24)C(=O)[C@@](C)(O/C=C/[C@H](CO)[C@@H](C)[C@@H](C)[C@H](C)[C@H](O)[C@H](C)[C@@H](O)[C@@H](C)/C=C/C=C(/C)C(=O)N3)O5)NC1=O. The van der Waals surface area contributed by atoms with E-state index in [9.17, 15) is 113 Å². The second kappa shape index (κ2) is 38.9. The summed E-state index contributed by atoms with van der Waals surface area (Å²) < 4.78 is 18.2. The molecule has 1 saturated heterocycles. The van der Waals surface area contributed by atoms with Gasteiger partial charge in [0.05, 0.1) is 60.4 Å². The number of phenols is 2. The molecule has 4 aliphatic rings. The molecular formula is C71H103N11O26. The van der Waals surface area contributed by atoms with Crippen LogP contribution in [-0.2, 0) is 62.3 Å². The van der Waals surface area contributed by atoms with Crippen LogP contribution in [0.3, 0.4) is 0 Å². The molecular weight excluding hydrogens is 1420 g/mol. The number of aliphatic hydroxyl groups is 8. The lowest BCUT2D eigenvalue weighted by Crippen LogP contribution is -2.64. The molecule has 2 aromatic carbocycles. The maximum absolute atomic E-state index is 14.8. The normalized spacial score (nSPS) is 30.1. The first-order valence-corrected chi connectivity index (χ1v) is 35.1. The number of ketones is 3. The van der Waals surface area contributed by atoms with Crippen molar-refractivity contribution in [2.24, 2.45) is 53.1 Å². The number of carbonyl (C=O) groups is 13. The van der Waals surface area contributed by atoms with Crippen LogP contribution in [0.4, 0.5) is 5.69 Å². The van der Waals surface area contributed by atoms with E-state index >= 15 is 0 Å². The van der Waals surface area contributed by atoms with Gasteiger partial charge in [0.25, 0.3) is 29.4 Å². The number of fused-ring (bicyclic) bond motifs is 14. The van der Waals surface area contributed by atoms with Crippen molar-refractivity contribution in [1.82, 2.24) is 47.9 Å². The minimum absolute atomic E-state index is 0.0537. The Morgan fingerprint density at radius 1 is 0.722 bits per heavy atom. The van der Waals surface area contributed by atoms with Crippen LogP contribution in [0.2, 0.25) is 0 Å². The molecule has 0 aromatic heterocycles. The lowest BCUT2D eigenvalue weighted by molar-refractivity contribution is -0.144. The average Bonchev–Trinajstić information content (AvgIpc) is 1.52. The van der Waals surface area contributed by atoms with Crippen molar-refractivity contribution in [2.75, 3.05) is 51.3 Å². The van der Waals surface area contributed by atoms with Crippen molar-refractivity contribution in [3.63, 3.8) is 0 Å². The molecule has 2 aromatic rings. The first kappa shape index (κ1) is 88.9. The minimum atomic E-state index is -2.56. The maximum Gasteiger partial charge on any atom is 0.312 e. The molecule has 598 valence electrons. The van der Waals surface area contributed by atoms with Gasteiger partial charge in [0.15, 0.2) is 36.1 Å². The number of aromatic hydroxyl groups is 2. The van der Waals surface area contributed by atoms with Crippen LogP contribution in [0, 0.1) is 54.3 Å². The summed E-state index contributed by atoms with van der Waals surface area (Å²) in [4.78, 5) is 177. The summed E-state index contributed by atoms with van der Waals surface area (Å²) >= 11 is 0. The van der Waals surface area contributed by atoms with E-state index in [4.69, 9.17) is 19.9 Å². The highest BCUT2D eigenvalue weighted by atomic mass is 16.7. The Bertz CT molecular complexity index is 3810. The molecule has 37 nitrogen and oxygen atoms in total. The number of hydrogen-bond donors (Lipinski definition) is 21. The van der Waals surface area contributed by atoms with Gasteiger partial charge >= 0.3 is 5.79 Å². The van der Waals surface area contributed by atoms with Crippen molar-refractivity contribution in [1.29, 1.82) is 0 Å². The molecule has 0 aliphatic carbocycles. The van der Waals surface area contributed by atoms with Gasteiger partial charge in [-0.1, -0.05) is 66.7 Å². The number of rotatable bonds is 18. The third kappa shape index (κ3) is 21.8. The quantitative estimate of drug-likeness (QED) is 0.0379. The largest absolute Gasteiger partial charge is 0.507 e. The third-order valence-electron chi connectivity index (χ3n) is 19.8. The number of ether oxygens (including phenoxy) is 3. The van der Waals surface area contributed by atoms with Crippen LogP contribution < -0.4 is 68.4 Å². The monoisotopic (exact) mass is 1530 g/mol. The topological polar surface area (TPSA) is 598 Å². The molecule has 108 heavy (non-hydrogen) atoms. The number of nitrogens with one attached hydrogen (secondary N) is 10. The van der Waals surface area contributed by atoms with Crippen molar-refractivity contribution < 1.29 is 128 Å². The van der Waals surface area contributed by atoms with Crippen LogP contribution in [0.5, 0.6) is 23.0 Å². The van der Waals surface area contributed by atoms with Crippen LogP contribution in [0.25, 0.3) is 10.8 Å². The number of allylic oxidation sites excluding steroid dienone is 2. The van der Waals surface area contributed by atoms with Gasteiger partial charge in [-0.2, -0.15) is 0 Å². The molecule has 22 N–H and O–H groups in total. The molecule has 4 heterocycles. The lowest BCUT2D eigenvalue weighted by Gasteiger charge is -2.37. The van der Waals surface area contributed by atoms with E-state index < -0.39 is 234 Å². The lowest BCUT2D eigenvalue weighted by atomic mass is 9.72. The summed E-state index contributed by atoms with van der Waals surface area (Å²) in [5.74, 6) is -24.6. The number of aliphatic hydroxyl groups excluding tert-OH is 8. The summed E-state index contributed by atoms with van der Waals surface area (Å²) in [6.45, 7) is 14.4. The number of anilines is 1. The molecule has 20 atom stereocenters. The first-order chi connectivity index (χ1) is 50.5. The fourth-order valence-electron chi connectivity index (χ4n) is 12.3. The van der Waals surface area contributed by atoms with Gasteiger partial charge in [-0.3, -0.25) is 62.3 Å². The third-order valence-corrected chi connectivity index (χ3v) is 19.8. The zero-order chi connectivity index (χ0) is 81.4. The van der Waals surface area contributed by atoms with Gasteiger partial charge in [0.2, 0.25) is 35.4 Å². The molecule has 0 radical (unpaired) electrons. The molecule has 11 unspecified atom stereocenters. The Labute approximate surface area is 622 Å². The smallest absolute Gasteiger partial charge is 0.312 e. The number of hydrogen-bond acceptors (Lipinski definition) is 27. The number of β-amino-alcohol motifs (C(OH)–C–C–N with tert-alkyl or cyclic N) is 1. The Morgan fingerprint density at radius 3 is 1.96 bits per heavy atom. The zero-order valence-electron chi connectivity index (χ0n) is 62.2. The molecule has 5 bridgehead atoms. The molecule has 37 heteroatoms. The Morgan fingerprint density at radius 2 is 1.36 bits per heavy atom. The van der Waals surface area contributed by atoms with Gasteiger partial charge in [-0.15, -0.1) is 0 Å². The van der Waals surface area contributed by atoms with E-state index in [1.165, 1.54) is 66.0 Å². The molecule has 1 fully saturated rings. The van der Waals surface area contributed by atoms with Crippen LogP contribution in [-0.4, -0.2) is 252 Å². The second-order valence-electron chi connectivity index (χ2n) is 28.1. The molecule has 0 saturated carbocycles. The van der Waals surface area contributed by atoms with Gasteiger partial charge in [0, 0.05) is 85.8 Å². The van der Waals surface area contributed by atoms with Crippen LogP contribution in [0.15, 0.2) is 42.2 Å². The van der Waals surface area contributed by atoms with Crippen molar-refractivity contribution >= 4 is 92.9 Å². The summed E-state index contributed by atoms with van der Waals surface area (Å²) in [7, 11) is 0. The summed E-state index contributed by atoms with van der Waals surface area (Å²) in [5, 5.41) is 132. The second-order valence-corrected chi connectivity index (χ2v) is 28.1. The summed E-state index contributed by atoms with van der Waals surface area (Å²) in [6, 6.07) is -10.7. The van der Waals surface area contributed by atoms with Crippen LogP contribution in [0.1, 0.15) is 105 Å². The fourth-order valence-corrected chi connectivity index (χ4v) is 12.3. The Hall–Kier alpha value is -9.73. The summed E-state index contributed by atoms with van der Waals surface area (Å²) in [6.07, 6.45) is -4.83. The van der Waals surface area contributed by atoms with Gasteiger partial charge in [-0.05, 0) is 64.4 Å². The van der Waals surface area contributed by atoms with Crippen molar-refractivity contribution in [3.8, 4) is 23.0 Å². The molecule has 6 rings (SSSR count). The molecule has 4 aliphatic heterocycles. The highest BCUT2D eigenvalue weighted by molar-refractivity contribution is 6.22. The predicted octanol–water partition coefficient (Wildman–Crippen LogP) is -4.75. The molecule has 10 amide bonds. The van der Waals surface area contributed by atoms with E-state index in [2.05, 4.69) is 42.5 Å². The average molecular weight is 1530 g/mol. The number of nitrogens with two attached hydrogens (primary N) is 1. The number of amides is 10. The number of primary amides is 1. The minimum Gasteiger partial charge on any atom is -0.507 e. The highest BCUT2D eigenvalue weighted by Gasteiger charge is 2.50. The van der Waals surface area contributed by atoms with Gasteiger partial charge in [-0.25, -0.2) is 0 Å². The van der Waals surface area contributed by atoms with E-state index in [0.29, 0.717) is 0 Å². The van der Waals surface area contributed by atoms with E-state index in [1.54, 1.807) is 19.9 Å². The van der Waals surface area contributed by atoms with E-state index in [1.807, 2.05) is 31.4 Å². The molecule has 0 spiro atoms. The van der Waals surface area contributed by atoms with E-state index in [-0.39, 0.29) is 76.7 Å². The number of carbonyl (C=O) groups excluding carboxylic acids is 13. The van der Waals surface area contributed by atoms with Crippen molar-refractivity contribution in [3.05, 3.63) is 53.3 Å².